The van der Waals surface area contributed by atoms with Crippen molar-refractivity contribution in [2.24, 2.45) is 11.8 Å². The lowest BCUT2D eigenvalue weighted by atomic mass is 9.82. The van der Waals surface area contributed by atoms with Gasteiger partial charge in [-0.25, -0.2) is 0 Å². The molecular weight excluding hydrogens is 320 g/mol. The smallest absolute Gasteiger partial charge is 0.225 e. The SMILES string of the molecule is O=C(CC1COC2(C1)CN(C(=O)C1CCCCC1)C2)N1CCOCC1. The fourth-order valence-electron chi connectivity index (χ4n) is 4.89. The van der Waals surface area contributed by atoms with E-state index in [4.69, 9.17) is 9.47 Å². The number of nitrogens with zero attached hydrogens (tertiary/aromatic N) is 2. The molecule has 1 saturated carbocycles. The lowest BCUT2D eigenvalue weighted by Crippen LogP contribution is -2.64. The Bertz CT molecular complexity index is 506. The fourth-order valence-corrected chi connectivity index (χ4v) is 4.89. The highest BCUT2D eigenvalue weighted by Gasteiger charge is 2.52. The minimum Gasteiger partial charge on any atom is -0.378 e. The van der Waals surface area contributed by atoms with Crippen LogP contribution in [0.5, 0.6) is 0 Å². The highest BCUT2D eigenvalue weighted by molar-refractivity contribution is 5.80. The number of rotatable bonds is 3. The topological polar surface area (TPSA) is 59.1 Å². The normalized spacial score (nSPS) is 29.7. The van der Waals surface area contributed by atoms with Gasteiger partial charge in [0.25, 0.3) is 0 Å². The van der Waals surface area contributed by atoms with Crippen LogP contribution in [0.4, 0.5) is 0 Å². The second-order valence-corrected chi connectivity index (χ2v) is 8.29. The van der Waals surface area contributed by atoms with E-state index < -0.39 is 0 Å². The molecule has 1 aliphatic carbocycles. The van der Waals surface area contributed by atoms with E-state index in [0.29, 0.717) is 51.2 Å². The first-order chi connectivity index (χ1) is 12.2. The molecule has 3 aliphatic heterocycles. The molecule has 1 atom stereocenters. The lowest BCUT2D eigenvalue weighted by Gasteiger charge is -2.48. The molecule has 1 spiro atoms. The predicted molar refractivity (Wildman–Crippen MR) is 92.0 cm³/mol. The molecule has 0 aromatic carbocycles. The Morgan fingerprint density at radius 2 is 1.72 bits per heavy atom. The van der Waals surface area contributed by atoms with Crippen LogP contribution < -0.4 is 0 Å². The summed E-state index contributed by atoms with van der Waals surface area (Å²) < 4.78 is 11.4. The summed E-state index contributed by atoms with van der Waals surface area (Å²) in [4.78, 5) is 28.9. The van der Waals surface area contributed by atoms with Crippen LogP contribution in [0.15, 0.2) is 0 Å². The Balaban J connectivity index is 1.23. The first-order valence-corrected chi connectivity index (χ1v) is 9.93. The molecule has 4 fully saturated rings. The van der Waals surface area contributed by atoms with E-state index in [1.165, 1.54) is 19.3 Å². The first-order valence-electron chi connectivity index (χ1n) is 9.93. The van der Waals surface area contributed by atoms with Crippen molar-refractivity contribution in [2.75, 3.05) is 46.0 Å². The van der Waals surface area contributed by atoms with Crippen LogP contribution in [-0.2, 0) is 19.1 Å². The van der Waals surface area contributed by atoms with Gasteiger partial charge in [0.2, 0.25) is 11.8 Å². The second kappa shape index (κ2) is 7.23. The van der Waals surface area contributed by atoms with Gasteiger partial charge in [0.05, 0.1) is 32.9 Å². The van der Waals surface area contributed by atoms with Crippen LogP contribution in [0.1, 0.15) is 44.9 Å². The number of carbonyl (C=O) groups excluding carboxylic acids is 2. The molecule has 2 amide bonds. The molecule has 6 heteroatoms. The van der Waals surface area contributed by atoms with Gasteiger partial charge in [-0.05, 0) is 25.2 Å². The molecule has 3 heterocycles. The third kappa shape index (κ3) is 3.70. The minimum absolute atomic E-state index is 0.166. The highest BCUT2D eigenvalue weighted by atomic mass is 16.5. The average Bonchev–Trinajstić information content (AvgIpc) is 3.05. The van der Waals surface area contributed by atoms with E-state index in [0.717, 1.165) is 32.4 Å². The van der Waals surface area contributed by atoms with Gasteiger partial charge in [0, 0.05) is 25.4 Å². The molecule has 0 N–H and O–H groups in total. The molecule has 25 heavy (non-hydrogen) atoms. The van der Waals surface area contributed by atoms with E-state index in [1.807, 2.05) is 9.80 Å². The maximum atomic E-state index is 12.6. The Morgan fingerprint density at radius 1 is 1.00 bits per heavy atom. The number of hydrogen-bond donors (Lipinski definition) is 0. The second-order valence-electron chi connectivity index (χ2n) is 8.29. The Kier molecular flexibility index (Phi) is 5.00. The molecule has 1 unspecified atom stereocenters. The molecule has 0 aromatic heterocycles. The molecule has 140 valence electrons. The summed E-state index contributed by atoms with van der Waals surface area (Å²) in [6, 6.07) is 0. The maximum Gasteiger partial charge on any atom is 0.225 e. The number of amides is 2. The number of hydrogen-bond acceptors (Lipinski definition) is 4. The third-order valence-electron chi connectivity index (χ3n) is 6.34. The van der Waals surface area contributed by atoms with Crippen LogP contribution in [0.3, 0.4) is 0 Å². The summed E-state index contributed by atoms with van der Waals surface area (Å²) >= 11 is 0. The molecule has 0 aromatic rings. The van der Waals surface area contributed by atoms with Crippen LogP contribution >= 0.6 is 0 Å². The van der Waals surface area contributed by atoms with Crippen molar-refractivity contribution in [3.8, 4) is 0 Å². The summed E-state index contributed by atoms with van der Waals surface area (Å²) in [5.74, 6) is 1.10. The maximum absolute atomic E-state index is 12.6. The van der Waals surface area contributed by atoms with Crippen LogP contribution in [0.25, 0.3) is 0 Å². The number of carbonyl (C=O) groups is 2. The fraction of sp³-hybridized carbons (Fsp3) is 0.895. The molecule has 6 nitrogen and oxygen atoms in total. The van der Waals surface area contributed by atoms with Crippen molar-refractivity contribution < 1.29 is 19.1 Å². The van der Waals surface area contributed by atoms with E-state index in [9.17, 15) is 9.59 Å². The van der Waals surface area contributed by atoms with Crippen LogP contribution in [0, 0.1) is 11.8 Å². The number of morpholine rings is 1. The largest absolute Gasteiger partial charge is 0.378 e. The Hall–Kier alpha value is -1.14. The van der Waals surface area contributed by atoms with Crippen LogP contribution in [0.2, 0.25) is 0 Å². The van der Waals surface area contributed by atoms with Gasteiger partial charge in [-0.3, -0.25) is 9.59 Å². The van der Waals surface area contributed by atoms with Gasteiger partial charge in [-0.1, -0.05) is 19.3 Å². The summed E-state index contributed by atoms with van der Waals surface area (Å²) in [5.41, 5.74) is -0.166. The van der Waals surface area contributed by atoms with E-state index in [1.54, 1.807) is 0 Å². The van der Waals surface area contributed by atoms with Crippen molar-refractivity contribution in [2.45, 2.75) is 50.5 Å². The van der Waals surface area contributed by atoms with E-state index in [-0.39, 0.29) is 17.4 Å². The van der Waals surface area contributed by atoms with Gasteiger partial charge < -0.3 is 19.3 Å². The summed E-state index contributed by atoms with van der Waals surface area (Å²) in [6.45, 7) is 4.82. The monoisotopic (exact) mass is 350 g/mol. The molecule has 4 rings (SSSR count). The molecule has 0 bridgehead atoms. The van der Waals surface area contributed by atoms with E-state index >= 15 is 0 Å². The van der Waals surface area contributed by atoms with Crippen molar-refractivity contribution in [1.29, 1.82) is 0 Å². The summed E-state index contributed by atoms with van der Waals surface area (Å²) in [6.07, 6.45) is 7.25. The quantitative estimate of drug-likeness (QED) is 0.773. The zero-order chi connectivity index (χ0) is 17.3. The van der Waals surface area contributed by atoms with Crippen molar-refractivity contribution in [1.82, 2.24) is 9.80 Å². The van der Waals surface area contributed by atoms with Gasteiger partial charge in [0.1, 0.15) is 5.60 Å². The van der Waals surface area contributed by atoms with Crippen LogP contribution in [-0.4, -0.2) is 73.2 Å². The predicted octanol–water partition coefficient (Wildman–Crippen LogP) is 1.43. The van der Waals surface area contributed by atoms with Gasteiger partial charge in [0.15, 0.2) is 0 Å². The van der Waals surface area contributed by atoms with Gasteiger partial charge in [-0.15, -0.1) is 0 Å². The average molecular weight is 350 g/mol. The number of ether oxygens (including phenoxy) is 2. The Morgan fingerprint density at radius 3 is 2.44 bits per heavy atom. The number of likely N-dealkylation sites (tertiary alicyclic amines) is 1. The lowest BCUT2D eigenvalue weighted by molar-refractivity contribution is -0.162. The van der Waals surface area contributed by atoms with Gasteiger partial charge in [-0.2, -0.15) is 0 Å². The third-order valence-corrected chi connectivity index (χ3v) is 6.34. The van der Waals surface area contributed by atoms with Gasteiger partial charge >= 0.3 is 0 Å². The molecule has 3 saturated heterocycles. The first kappa shape index (κ1) is 17.3. The zero-order valence-corrected chi connectivity index (χ0v) is 15.1. The van der Waals surface area contributed by atoms with Crippen molar-refractivity contribution in [3.05, 3.63) is 0 Å². The summed E-state index contributed by atoms with van der Waals surface area (Å²) in [5, 5.41) is 0. The Labute approximate surface area is 149 Å². The zero-order valence-electron chi connectivity index (χ0n) is 15.1. The molecule has 4 aliphatic rings. The minimum atomic E-state index is -0.166. The highest BCUT2D eigenvalue weighted by Crippen LogP contribution is 2.40. The molecule has 0 radical (unpaired) electrons. The standard InChI is InChI=1S/C19H30N2O4/c22-17(20-6-8-24-9-7-20)10-15-11-19(25-12-15)13-21(14-19)18(23)16-4-2-1-3-5-16/h15-16H,1-14H2. The van der Waals surface area contributed by atoms with E-state index in [2.05, 4.69) is 0 Å². The molecular formula is C19H30N2O4. The van der Waals surface area contributed by atoms with Crippen molar-refractivity contribution in [3.63, 3.8) is 0 Å². The van der Waals surface area contributed by atoms with Crippen molar-refractivity contribution >= 4 is 11.8 Å². The summed E-state index contributed by atoms with van der Waals surface area (Å²) in [7, 11) is 0.